The molecule has 2 heterocycles. The van der Waals surface area contributed by atoms with E-state index in [-0.39, 0.29) is 11.7 Å². The van der Waals surface area contributed by atoms with Gasteiger partial charge in [0.25, 0.3) is 0 Å². The average Bonchev–Trinajstić information content (AvgIpc) is 2.68. The predicted octanol–water partition coefficient (Wildman–Crippen LogP) is 1.42. The SMILES string of the molecule is CC(C)n1c(SCc2ccnc(N)c2)n[nH]c1=O. The lowest BCUT2D eigenvalue weighted by atomic mass is 10.3. The van der Waals surface area contributed by atoms with Crippen molar-refractivity contribution in [2.45, 2.75) is 30.8 Å². The fraction of sp³-hybridized carbons (Fsp3) is 0.364. The monoisotopic (exact) mass is 265 g/mol. The number of anilines is 1. The van der Waals surface area contributed by atoms with Crippen LogP contribution in [0.4, 0.5) is 5.82 Å². The number of aromatic amines is 1. The number of hydrogen-bond donors (Lipinski definition) is 2. The van der Waals surface area contributed by atoms with Crippen molar-refractivity contribution in [3.8, 4) is 0 Å². The third-order valence-electron chi connectivity index (χ3n) is 2.40. The molecule has 3 N–H and O–H groups in total. The molecule has 0 aliphatic rings. The Balaban J connectivity index is 2.14. The molecule has 0 radical (unpaired) electrons. The van der Waals surface area contributed by atoms with Gasteiger partial charge in [0, 0.05) is 18.0 Å². The molecule has 0 aromatic carbocycles. The standard InChI is InChI=1S/C11H15N5OS/c1-7(2)16-10(17)14-15-11(16)18-6-8-3-4-13-9(12)5-8/h3-5,7H,6H2,1-2H3,(H2,12,13)(H,14,17). The molecule has 0 unspecified atom stereocenters. The maximum Gasteiger partial charge on any atom is 0.344 e. The summed E-state index contributed by atoms with van der Waals surface area (Å²) in [6.45, 7) is 3.90. The van der Waals surface area contributed by atoms with E-state index in [4.69, 9.17) is 5.73 Å². The van der Waals surface area contributed by atoms with Gasteiger partial charge in [0.05, 0.1) is 0 Å². The van der Waals surface area contributed by atoms with E-state index in [0.29, 0.717) is 16.7 Å². The van der Waals surface area contributed by atoms with E-state index in [0.717, 1.165) is 5.56 Å². The molecule has 6 nitrogen and oxygen atoms in total. The van der Waals surface area contributed by atoms with Gasteiger partial charge in [-0.05, 0) is 31.5 Å². The van der Waals surface area contributed by atoms with Crippen LogP contribution in [0.15, 0.2) is 28.3 Å². The van der Waals surface area contributed by atoms with Crippen LogP contribution >= 0.6 is 11.8 Å². The lowest BCUT2D eigenvalue weighted by molar-refractivity contribution is 0.534. The minimum Gasteiger partial charge on any atom is -0.384 e. The summed E-state index contributed by atoms with van der Waals surface area (Å²) in [7, 11) is 0. The third kappa shape index (κ3) is 2.73. The second kappa shape index (κ2) is 5.26. The second-order valence-corrected chi connectivity index (χ2v) is 5.10. The third-order valence-corrected chi connectivity index (χ3v) is 3.43. The van der Waals surface area contributed by atoms with Crippen molar-refractivity contribution < 1.29 is 0 Å². The zero-order chi connectivity index (χ0) is 13.1. The van der Waals surface area contributed by atoms with Crippen LogP contribution in [0.1, 0.15) is 25.5 Å². The molecule has 0 aliphatic carbocycles. The maximum atomic E-state index is 11.5. The summed E-state index contributed by atoms with van der Waals surface area (Å²) in [6, 6.07) is 3.80. The Morgan fingerprint density at radius 2 is 2.33 bits per heavy atom. The number of nitrogen functional groups attached to an aromatic ring is 1. The minimum atomic E-state index is -0.179. The summed E-state index contributed by atoms with van der Waals surface area (Å²) in [4.78, 5) is 15.5. The Morgan fingerprint density at radius 1 is 1.56 bits per heavy atom. The highest BCUT2D eigenvalue weighted by Crippen LogP contribution is 2.21. The number of rotatable bonds is 4. The van der Waals surface area contributed by atoms with Gasteiger partial charge >= 0.3 is 5.69 Å². The molecule has 0 spiro atoms. The molecule has 2 aromatic rings. The molecule has 96 valence electrons. The number of nitrogens with two attached hydrogens (primary N) is 1. The number of H-pyrrole nitrogens is 1. The van der Waals surface area contributed by atoms with Crippen LogP contribution in [-0.2, 0) is 5.75 Å². The quantitative estimate of drug-likeness (QED) is 0.816. The van der Waals surface area contributed by atoms with Gasteiger partial charge in [-0.2, -0.15) is 0 Å². The molecule has 0 atom stereocenters. The molecule has 0 aliphatic heterocycles. The highest BCUT2D eigenvalue weighted by molar-refractivity contribution is 7.98. The Labute approximate surface area is 109 Å². The largest absolute Gasteiger partial charge is 0.384 e. The zero-order valence-corrected chi connectivity index (χ0v) is 11.1. The second-order valence-electron chi connectivity index (χ2n) is 4.15. The van der Waals surface area contributed by atoms with Gasteiger partial charge in [-0.1, -0.05) is 11.8 Å². The number of aromatic nitrogens is 4. The van der Waals surface area contributed by atoms with E-state index in [9.17, 15) is 4.79 Å². The van der Waals surface area contributed by atoms with Crippen LogP contribution in [0, 0.1) is 0 Å². The molecule has 2 rings (SSSR count). The van der Waals surface area contributed by atoms with Crippen molar-refractivity contribution in [2.24, 2.45) is 0 Å². The van der Waals surface area contributed by atoms with E-state index < -0.39 is 0 Å². The van der Waals surface area contributed by atoms with Crippen molar-refractivity contribution in [1.82, 2.24) is 19.7 Å². The van der Waals surface area contributed by atoms with E-state index in [2.05, 4.69) is 15.2 Å². The molecule has 0 bridgehead atoms. The van der Waals surface area contributed by atoms with Crippen LogP contribution in [0.25, 0.3) is 0 Å². The van der Waals surface area contributed by atoms with Crippen LogP contribution in [0.5, 0.6) is 0 Å². The fourth-order valence-electron chi connectivity index (χ4n) is 1.58. The molecule has 7 heteroatoms. The van der Waals surface area contributed by atoms with E-state index >= 15 is 0 Å². The van der Waals surface area contributed by atoms with Gasteiger partial charge in [0.15, 0.2) is 5.16 Å². The number of thioether (sulfide) groups is 1. The van der Waals surface area contributed by atoms with Crippen molar-refractivity contribution >= 4 is 17.6 Å². The zero-order valence-electron chi connectivity index (χ0n) is 10.3. The van der Waals surface area contributed by atoms with Crippen LogP contribution in [0.2, 0.25) is 0 Å². The molecule has 0 amide bonds. The van der Waals surface area contributed by atoms with Gasteiger partial charge in [-0.3, -0.25) is 4.57 Å². The smallest absolute Gasteiger partial charge is 0.344 e. The van der Waals surface area contributed by atoms with Gasteiger partial charge in [0.1, 0.15) is 5.82 Å². The van der Waals surface area contributed by atoms with Crippen molar-refractivity contribution in [3.05, 3.63) is 34.4 Å². The first kappa shape index (κ1) is 12.7. The molecule has 0 saturated heterocycles. The molecular formula is C11H15N5OS. The first-order valence-corrected chi connectivity index (χ1v) is 6.56. The maximum absolute atomic E-state index is 11.5. The fourth-order valence-corrected chi connectivity index (χ4v) is 2.60. The molecule has 0 fully saturated rings. The van der Waals surface area contributed by atoms with Gasteiger partial charge in [-0.25, -0.2) is 14.9 Å². The van der Waals surface area contributed by atoms with E-state index in [1.165, 1.54) is 11.8 Å². The van der Waals surface area contributed by atoms with Gasteiger partial charge in [-0.15, -0.1) is 5.10 Å². The molecule has 2 aromatic heterocycles. The molecule has 18 heavy (non-hydrogen) atoms. The first-order valence-electron chi connectivity index (χ1n) is 5.58. The molecule has 0 saturated carbocycles. The average molecular weight is 265 g/mol. The Kier molecular flexibility index (Phi) is 3.71. The van der Waals surface area contributed by atoms with Crippen molar-refractivity contribution in [1.29, 1.82) is 0 Å². The van der Waals surface area contributed by atoms with Crippen LogP contribution in [0.3, 0.4) is 0 Å². The van der Waals surface area contributed by atoms with E-state index in [1.54, 1.807) is 10.8 Å². The number of nitrogens with zero attached hydrogens (tertiary/aromatic N) is 3. The molecular weight excluding hydrogens is 250 g/mol. The summed E-state index contributed by atoms with van der Waals surface area (Å²) in [5.41, 5.74) is 6.49. The summed E-state index contributed by atoms with van der Waals surface area (Å²) < 4.78 is 1.63. The van der Waals surface area contributed by atoms with Gasteiger partial charge < -0.3 is 5.73 Å². The minimum absolute atomic E-state index is 0.0845. The van der Waals surface area contributed by atoms with Crippen molar-refractivity contribution in [2.75, 3.05) is 5.73 Å². The topological polar surface area (TPSA) is 89.6 Å². The number of pyridine rings is 1. The Morgan fingerprint density at radius 3 is 3.00 bits per heavy atom. The lowest BCUT2D eigenvalue weighted by Crippen LogP contribution is -2.19. The highest BCUT2D eigenvalue weighted by Gasteiger charge is 2.11. The van der Waals surface area contributed by atoms with Crippen LogP contribution in [-0.4, -0.2) is 19.7 Å². The summed E-state index contributed by atoms with van der Waals surface area (Å²) in [5, 5.41) is 7.17. The highest BCUT2D eigenvalue weighted by atomic mass is 32.2. The summed E-state index contributed by atoms with van der Waals surface area (Å²) in [6.07, 6.45) is 1.67. The first-order chi connectivity index (χ1) is 8.58. The van der Waals surface area contributed by atoms with Crippen LogP contribution < -0.4 is 11.4 Å². The Bertz CT molecular complexity index is 589. The summed E-state index contributed by atoms with van der Waals surface area (Å²) >= 11 is 1.50. The number of hydrogen-bond acceptors (Lipinski definition) is 5. The lowest BCUT2D eigenvalue weighted by Gasteiger charge is -2.08. The number of nitrogens with one attached hydrogen (secondary N) is 1. The van der Waals surface area contributed by atoms with Crippen molar-refractivity contribution in [3.63, 3.8) is 0 Å². The Hall–Kier alpha value is -1.76. The van der Waals surface area contributed by atoms with E-state index in [1.807, 2.05) is 26.0 Å². The van der Waals surface area contributed by atoms with Gasteiger partial charge in [0.2, 0.25) is 0 Å². The normalized spacial score (nSPS) is 11.1. The predicted molar refractivity (Wildman–Crippen MR) is 71.4 cm³/mol. The summed E-state index contributed by atoms with van der Waals surface area (Å²) in [5.74, 6) is 1.19.